The van der Waals surface area contributed by atoms with Crippen LogP contribution in [0.15, 0.2) is 51.7 Å². The summed E-state index contributed by atoms with van der Waals surface area (Å²) in [5.41, 5.74) is 10.7. The van der Waals surface area contributed by atoms with Crippen molar-refractivity contribution in [2.24, 2.45) is 5.73 Å². The molecule has 0 radical (unpaired) electrons. The molecule has 3 aromatic heterocycles. The summed E-state index contributed by atoms with van der Waals surface area (Å²) in [5.74, 6) is 0. The zero-order valence-corrected chi connectivity index (χ0v) is 18.2. The fourth-order valence-corrected chi connectivity index (χ4v) is 5.43. The summed E-state index contributed by atoms with van der Waals surface area (Å²) in [6, 6.07) is 7.74. The van der Waals surface area contributed by atoms with Crippen LogP contribution in [0.1, 0.15) is 24.6 Å². The fourth-order valence-electron chi connectivity index (χ4n) is 4.15. The van der Waals surface area contributed by atoms with Crippen molar-refractivity contribution in [3.05, 3.63) is 58.3 Å². The average molecular weight is 443 g/mol. The van der Waals surface area contributed by atoms with Crippen LogP contribution in [-0.4, -0.2) is 45.4 Å². The number of aromatic nitrogens is 3. The summed E-state index contributed by atoms with van der Waals surface area (Å²) in [6.07, 6.45) is 4.26. The van der Waals surface area contributed by atoms with Crippen molar-refractivity contribution in [3.63, 3.8) is 0 Å². The lowest BCUT2D eigenvalue weighted by Crippen LogP contribution is -2.32. The van der Waals surface area contributed by atoms with E-state index in [1.165, 1.54) is 6.20 Å². The minimum Gasteiger partial charge on any atom is -0.618 e. The number of hydrogen-bond acceptors (Lipinski definition) is 6. The first-order valence-corrected chi connectivity index (χ1v) is 11.3. The highest BCUT2D eigenvalue weighted by Crippen LogP contribution is 2.40. The molecule has 0 aliphatic carbocycles. The minimum absolute atomic E-state index is 0.178. The van der Waals surface area contributed by atoms with Crippen LogP contribution in [0.3, 0.4) is 0 Å². The normalized spacial score (nSPS) is 19.1. The van der Waals surface area contributed by atoms with E-state index in [9.17, 15) is 5.21 Å². The van der Waals surface area contributed by atoms with Crippen molar-refractivity contribution in [1.29, 1.82) is 0 Å². The van der Waals surface area contributed by atoms with E-state index < -0.39 is 0 Å². The number of likely N-dealkylation sites (tertiary alicyclic amines) is 1. The molecule has 156 valence electrons. The third kappa shape index (κ3) is 3.38. The molecule has 0 bridgehead atoms. The lowest BCUT2D eigenvalue weighted by atomic mass is 10.1. The number of nitrogens with zero attached hydrogens (tertiary/aromatic N) is 4. The van der Waals surface area contributed by atoms with Crippen LogP contribution in [0.5, 0.6) is 0 Å². The Morgan fingerprint density at radius 1 is 1.43 bits per heavy atom. The summed E-state index contributed by atoms with van der Waals surface area (Å²) >= 11 is 8.37. The zero-order valence-electron chi connectivity index (χ0n) is 16.6. The van der Waals surface area contributed by atoms with E-state index in [1.54, 1.807) is 24.0 Å². The van der Waals surface area contributed by atoms with Crippen LogP contribution in [-0.2, 0) is 6.54 Å². The maximum atomic E-state index is 12.1. The maximum absolute atomic E-state index is 12.1. The lowest BCUT2D eigenvalue weighted by molar-refractivity contribution is -0.577. The Hall–Kier alpha value is -2.42. The third-order valence-electron chi connectivity index (χ3n) is 5.69. The Kier molecular flexibility index (Phi) is 5.00. The van der Waals surface area contributed by atoms with Gasteiger partial charge in [-0.25, -0.2) is 4.98 Å². The Morgan fingerprint density at radius 2 is 2.30 bits per heavy atom. The van der Waals surface area contributed by atoms with Crippen LogP contribution in [0.4, 0.5) is 0 Å². The van der Waals surface area contributed by atoms with Gasteiger partial charge in [0.25, 0.3) is 0 Å². The van der Waals surface area contributed by atoms with Gasteiger partial charge in [-0.2, -0.15) is 4.73 Å². The highest BCUT2D eigenvalue weighted by molar-refractivity contribution is 7.99. The summed E-state index contributed by atoms with van der Waals surface area (Å²) in [5, 5.41) is 13.9. The number of rotatable bonds is 4. The molecule has 3 N–H and O–H groups in total. The van der Waals surface area contributed by atoms with Gasteiger partial charge in [-0.3, -0.25) is 0 Å². The van der Waals surface area contributed by atoms with Crippen LogP contribution in [0.25, 0.3) is 16.7 Å². The van der Waals surface area contributed by atoms with Crippen molar-refractivity contribution >= 4 is 40.1 Å². The standard InChI is InChI=1S/C21H23ClN6OS/c1-2-26-12-17-15(20(21(26)22)27-7-5-13(23)11-27)9-19(25-17)30-14-8-18-16(24-10-14)4-3-6-28(18)29/h3-4,6,8-10,13,25H,2,5,7,11-12,23H2,1H3. The van der Waals surface area contributed by atoms with Crippen LogP contribution < -0.4 is 10.5 Å². The molecule has 0 aromatic carbocycles. The van der Waals surface area contributed by atoms with E-state index in [4.69, 9.17) is 17.3 Å². The molecule has 1 fully saturated rings. The molecule has 2 aliphatic heterocycles. The number of hydrogen-bond donors (Lipinski definition) is 2. The predicted octanol–water partition coefficient (Wildman–Crippen LogP) is 3.08. The molecule has 1 unspecified atom stereocenters. The number of nitrogens with two attached hydrogens (primary N) is 1. The molecule has 0 saturated carbocycles. The van der Waals surface area contributed by atoms with Crippen molar-refractivity contribution in [1.82, 2.24) is 19.8 Å². The molecule has 0 amide bonds. The summed E-state index contributed by atoms with van der Waals surface area (Å²) < 4.78 is 0.850. The molecular weight excluding hydrogens is 420 g/mol. The monoisotopic (exact) mass is 442 g/mol. The lowest BCUT2D eigenvalue weighted by Gasteiger charge is -2.33. The number of fused-ring (bicyclic) bond motifs is 2. The summed E-state index contributed by atoms with van der Waals surface area (Å²) in [6.45, 7) is 5.41. The van der Waals surface area contributed by atoms with Crippen molar-refractivity contribution in [2.75, 3.05) is 19.6 Å². The largest absolute Gasteiger partial charge is 0.618 e. The summed E-state index contributed by atoms with van der Waals surface area (Å²) in [4.78, 5) is 13.4. The molecule has 30 heavy (non-hydrogen) atoms. The Balaban J connectivity index is 1.49. The first-order chi connectivity index (χ1) is 14.5. The van der Waals surface area contributed by atoms with Gasteiger partial charge in [-0.05, 0) is 25.5 Å². The number of H-pyrrole nitrogens is 1. The Labute approximate surface area is 184 Å². The molecule has 3 aromatic rings. The smallest absolute Gasteiger partial charge is 0.243 e. The molecule has 5 rings (SSSR count). The van der Waals surface area contributed by atoms with Crippen LogP contribution >= 0.6 is 23.4 Å². The van der Waals surface area contributed by atoms with Gasteiger partial charge in [0.1, 0.15) is 10.7 Å². The van der Waals surface area contributed by atoms with Gasteiger partial charge >= 0.3 is 0 Å². The van der Waals surface area contributed by atoms with E-state index in [2.05, 4.69) is 32.8 Å². The second kappa shape index (κ2) is 7.68. The van der Waals surface area contributed by atoms with E-state index in [0.29, 0.717) is 11.0 Å². The van der Waals surface area contributed by atoms with E-state index in [1.807, 2.05) is 12.1 Å². The highest BCUT2D eigenvalue weighted by atomic mass is 35.5. The number of nitrogens with one attached hydrogen (secondary N) is 1. The molecule has 0 spiro atoms. The summed E-state index contributed by atoms with van der Waals surface area (Å²) in [7, 11) is 0. The van der Waals surface area contributed by atoms with Gasteiger partial charge < -0.3 is 25.7 Å². The number of pyridine rings is 2. The molecule has 9 heteroatoms. The van der Waals surface area contributed by atoms with Gasteiger partial charge in [0.15, 0.2) is 6.20 Å². The van der Waals surface area contributed by atoms with E-state index in [0.717, 1.165) is 69.4 Å². The van der Waals surface area contributed by atoms with Crippen molar-refractivity contribution in [3.8, 4) is 0 Å². The van der Waals surface area contributed by atoms with Gasteiger partial charge in [-0.15, -0.1) is 0 Å². The molecule has 2 aliphatic rings. The molecule has 5 heterocycles. The van der Waals surface area contributed by atoms with E-state index >= 15 is 0 Å². The Morgan fingerprint density at radius 3 is 3.07 bits per heavy atom. The fraction of sp³-hybridized carbons (Fsp3) is 0.333. The molecule has 1 saturated heterocycles. The molecular formula is C21H23ClN6OS. The highest BCUT2D eigenvalue weighted by Gasteiger charge is 2.32. The van der Waals surface area contributed by atoms with Gasteiger partial charge in [-0.1, -0.05) is 23.4 Å². The van der Waals surface area contributed by atoms with Gasteiger partial charge in [0, 0.05) is 60.2 Å². The molecule has 1 atom stereocenters. The average Bonchev–Trinajstić information content (AvgIpc) is 3.33. The topological polar surface area (TPSA) is 88.1 Å². The van der Waals surface area contributed by atoms with E-state index in [-0.39, 0.29) is 6.04 Å². The maximum Gasteiger partial charge on any atom is 0.243 e. The van der Waals surface area contributed by atoms with Crippen LogP contribution in [0, 0.1) is 5.21 Å². The predicted molar refractivity (Wildman–Crippen MR) is 119 cm³/mol. The number of aromatic amines is 1. The first-order valence-electron chi connectivity index (χ1n) is 10.1. The SMILES string of the molecule is CCN1Cc2[nH]c(Sc3cnc4ccc[n+]([O-])c4c3)cc2C(N2CCC(N)C2)=C1Cl. The van der Waals surface area contributed by atoms with Crippen LogP contribution in [0.2, 0.25) is 0 Å². The third-order valence-corrected chi connectivity index (χ3v) is 7.00. The quantitative estimate of drug-likeness (QED) is 0.366. The molecule has 7 nitrogen and oxygen atoms in total. The zero-order chi connectivity index (χ0) is 20.8. The Bertz CT molecular complexity index is 1150. The second-order valence-electron chi connectivity index (χ2n) is 7.69. The minimum atomic E-state index is 0.178. The number of halogens is 1. The second-order valence-corrected chi connectivity index (χ2v) is 9.16. The van der Waals surface area contributed by atoms with Gasteiger partial charge in [0.2, 0.25) is 5.52 Å². The van der Waals surface area contributed by atoms with Crippen molar-refractivity contribution in [2.45, 2.75) is 35.9 Å². The van der Waals surface area contributed by atoms with Gasteiger partial charge in [0.05, 0.1) is 17.3 Å². The first kappa shape index (κ1) is 19.5. The van der Waals surface area contributed by atoms with Crippen molar-refractivity contribution < 1.29 is 4.73 Å².